The van der Waals surface area contributed by atoms with E-state index in [1.807, 2.05) is 0 Å². The number of anilines is 1. The lowest BCUT2D eigenvalue weighted by Crippen LogP contribution is -2.34. The van der Waals surface area contributed by atoms with Crippen LogP contribution in [0.4, 0.5) is 5.69 Å². The predicted molar refractivity (Wildman–Crippen MR) is 52.6 cm³/mol. The van der Waals surface area contributed by atoms with Gasteiger partial charge in [0, 0.05) is 5.69 Å². The Morgan fingerprint density at radius 1 is 1.43 bits per heavy atom. The molecule has 0 bridgehead atoms. The summed E-state index contributed by atoms with van der Waals surface area (Å²) in [7, 11) is -1.19. The smallest absolute Gasteiger partial charge is 0.422 e. The van der Waals surface area contributed by atoms with E-state index in [9.17, 15) is 5.02 Å². The van der Waals surface area contributed by atoms with Crippen molar-refractivity contribution in [3.63, 3.8) is 0 Å². The van der Waals surface area contributed by atoms with Crippen molar-refractivity contribution in [1.29, 1.82) is 0 Å². The standard InChI is InChI=1S/C8H12BNO4/c10-8-3-1-2-7(6-8)9(12)14-13-5-4-11/h1-3,6,11-12H,4-5,10H2. The molecule has 0 radical (unpaired) electrons. The lowest BCUT2D eigenvalue weighted by molar-refractivity contribution is -0.225. The molecule has 0 unspecified atom stereocenters. The maximum atomic E-state index is 9.39. The van der Waals surface area contributed by atoms with Gasteiger partial charge in [0.2, 0.25) is 0 Å². The first kappa shape index (κ1) is 11.0. The molecule has 0 atom stereocenters. The number of hydrogen-bond donors (Lipinski definition) is 3. The summed E-state index contributed by atoms with van der Waals surface area (Å²) in [5.74, 6) is 0. The Bertz CT molecular complexity index is 284. The predicted octanol–water partition coefficient (Wildman–Crippen LogP) is -1.10. The summed E-state index contributed by atoms with van der Waals surface area (Å²) in [6.07, 6.45) is 0. The minimum Gasteiger partial charge on any atom is -0.422 e. The highest BCUT2D eigenvalue weighted by atomic mass is 17.2. The van der Waals surface area contributed by atoms with E-state index < -0.39 is 7.12 Å². The summed E-state index contributed by atoms with van der Waals surface area (Å²) in [5.41, 5.74) is 6.54. The molecule has 0 aliphatic rings. The number of nitrogens with two attached hydrogens (primary N) is 1. The molecule has 0 saturated heterocycles. The maximum Gasteiger partial charge on any atom is 0.523 e. The van der Waals surface area contributed by atoms with E-state index in [0.29, 0.717) is 11.2 Å². The van der Waals surface area contributed by atoms with E-state index in [1.54, 1.807) is 24.3 Å². The average molecular weight is 197 g/mol. The van der Waals surface area contributed by atoms with Crippen molar-refractivity contribution >= 4 is 18.3 Å². The second-order valence-corrected chi connectivity index (χ2v) is 2.66. The van der Waals surface area contributed by atoms with E-state index >= 15 is 0 Å². The van der Waals surface area contributed by atoms with Gasteiger partial charge in [-0.15, -0.1) is 0 Å². The lowest BCUT2D eigenvalue weighted by atomic mass is 9.80. The molecule has 1 aromatic rings. The molecule has 5 nitrogen and oxygen atoms in total. The fourth-order valence-corrected chi connectivity index (χ4v) is 0.918. The average Bonchev–Trinajstić information content (AvgIpc) is 2.18. The largest absolute Gasteiger partial charge is 0.523 e. The van der Waals surface area contributed by atoms with Crippen LogP contribution in [0.2, 0.25) is 0 Å². The van der Waals surface area contributed by atoms with Gasteiger partial charge in [-0.05, 0) is 17.6 Å². The topological polar surface area (TPSA) is 84.9 Å². The second-order valence-electron chi connectivity index (χ2n) is 2.66. The van der Waals surface area contributed by atoms with Crippen molar-refractivity contribution in [3.05, 3.63) is 24.3 Å². The maximum absolute atomic E-state index is 9.39. The van der Waals surface area contributed by atoms with Crippen LogP contribution in [0.5, 0.6) is 0 Å². The van der Waals surface area contributed by atoms with E-state index in [2.05, 4.69) is 9.69 Å². The highest BCUT2D eigenvalue weighted by Crippen LogP contribution is 1.98. The highest BCUT2D eigenvalue weighted by molar-refractivity contribution is 6.59. The molecular formula is C8H12BNO4. The Hall–Kier alpha value is -1.08. The molecule has 76 valence electrons. The van der Waals surface area contributed by atoms with Crippen LogP contribution in [0.15, 0.2) is 24.3 Å². The fraction of sp³-hybridized carbons (Fsp3) is 0.250. The lowest BCUT2D eigenvalue weighted by Gasteiger charge is -2.06. The van der Waals surface area contributed by atoms with E-state index in [-0.39, 0.29) is 13.2 Å². The Morgan fingerprint density at radius 2 is 2.21 bits per heavy atom. The van der Waals surface area contributed by atoms with Crippen LogP contribution in [-0.4, -0.2) is 30.5 Å². The number of rotatable bonds is 5. The number of aliphatic hydroxyl groups excluding tert-OH is 1. The molecule has 6 heteroatoms. The number of hydrogen-bond acceptors (Lipinski definition) is 5. The summed E-state index contributed by atoms with van der Waals surface area (Å²) in [6.45, 7) is -0.150. The van der Waals surface area contributed by atoms with Crippen LogP contribution < -0.4 is 11.2 Å². The third kappa shape index (κ3) is 3.35. The van der Waals surface area contributed by atoms with Gasteiger partial charge in [-0.25, -0.2) is 4.89 Å². The third-order valence-electron chi connectivity index (χ3n) is 1.53. The van der Waals surface area contributed by atoms with Gasteiger partial charge < -0.3 is 15.9 Å². The SMILES string of the molecule is Nc1cccc(B(O)OOCCO)c1. The first-order chi connectivity index (χ1) is 6.74. The molecule has 0 amide bonds. The molecule has 0 heterocycles. The third-order valence-corrected chi connectivity index (χ3v) is 1.53. The first-order valence-corrected chi connectivity index (χ1v) is 4.16. The summed E-state index contributed by atoms with van der Waals surface area (Å²) in [4.78, 5) is 9.06. The molecule has 0 aliphatic heterocycles. The van der Waals surface area contributed by atoms with Crippen molar-refractivity contribution in [2.45, 2.75) is 0 Å². The van der Waals surface area contributed by atoms with Crippen molar-refractivity contribution in [1.82, 2.24) is 0 Å². The van der Waals surface area contributed by atoms with Gasteiger partial charge in [-0.2, -0.15) is 0 Å². The van der Waals surface area contributed by atoms with Crippen molar-refractivity contribution in [3.8, 4) is 0 Å². The summed E-state index contributed by atoms with van der Waals surface area (Å²) < 4.78 is 0. The van der Waals surface area contributed by atoms with Crippen molar-refractivity contribution < 1.29 is 19.8 Å². The van der Waals surface area contributed by atoms with Crippen LogP contribution in [0.3, 0.4) is 0 Å². The zero-order valence-electron chi connectivity index (χ0n) is 7.59. The zero-order valence-corrected chi connectivity index (χ0v) is 7.59. The monoisotopic (exact) mass is 197 g/mol. The minimum absolute atomic E-state index is 0.0133. The molecule has 0 fully saturated rings. The molecule has 4 N–H and O–H groups in total. The molecule has 0 saturated carbocycles. The molecule has 0 spiro atoms. The summed E-state index contributed by atoms with van der Waals surface area (Å²) in [5, 5.41) is 17.8. The molecule has 1 aromatic carbocycles. The van der Waals surface area contributed by atoms with Gasteiger partial charge >= 0.3 is 7.12 Å². The van der Waals surface area contributed by atoms with E-state index in [4.69, 9.17) is 10.8 Å². The molecule has 0 aliphatic carbocycles. The highest BCUT2D eigenvalue weighted by Gasteiger charge is 2.17. The van der Waals surface area contributed by atoms with Gasteiger partial charge in [0.1, 0.15) is 6.61 Å². The molecule has 14 heavy (non-hydrogen) atoms. The van der Waals surface area contributed by atoms with Crippen LogP contribution in [0.25, 0.3) is 0 Å². The summed E-state index contributed by atoms with van der Waals surface area (Å²) in [6, 6.07) is 6.63. The van der Waals surface area contributed by atoms with Gasteiger partial charge in [-0.3, -0.25) is 4.81 Å². The normalized spacial score (nSPS) is 10.1. The number of benzene rings is 1. The van der Waals surface area contributed by atoms with E-state index in [1.165, 1.54) is 0 Å². The van der Waals surface area contributed by atoms with Gasteiger partial charge in [0.25, 0.3) is 0 Å². The second kappa shape index (κ2) is 5.61. The molecular weight excluding hydrogens is 185 g/mol. The van der Waals surface area contributed by atoms with Crippen LogP contribution in [0, 0.1) is 0 Å². The molecule has 0 aromatic heterocycles. The van der Waals surface area contributed by atoms with Crippen molar-refractivity contribution in [2.24, 2.45) is 0 Å². The van der Waals surface area contributed by atoms with Gasteiger partial charge in [-0.1, -0.05) is 12.1 Å². The Labute approximate surface area is 82.1 Å². The number of aliphatic hydroxyl groups is 1. The zero-order chi connectivity index (χ0) is 10.4. The van der Waals surface area contributed by atoms with Crippen molar-refractivity contribution in [2.75, 3.05) is 18.9 Å². The number of nitrogen functional groups attached to an aromatic ring is 1. The fourth-order valence-electron chi connectivity index (χ4n) is 0.918. The van der Waals surface area contributed by atoms with Gasteiger partial charge in [0.05, 0.1) is 6.61 Å². The minimum atomic E-state index is -1.19. The van der Waals surface area contributed by atoms with E-state index in [0.717, 1.165) is 0 Å². The first-order valence-electron chi connectivity index (χ1n) is 4.16. The molecule has 1 rings (SSSR count). The van der Waals surface area contributed by atoms with Crippen LogP contribution in [0.1, 0.15) is 0 Å². The quantitative estimate of drug-likeness (QED) is 0.183. The van der Waals surface area contributed by atoms with Gasteiger partial charge in [0.15, 0.2) is 0 Å². The Kier molecular flexibility index (Phi) is 4.41. The van der Waals surface area contributed by atoms with Crippen LogP contribution >= 0.6 is 0 Å². The Balaban J connectivity index is 2.47. The Morgan fingerprint density at radius 3 is 2.86 bits per heavy atom. The summed E-state index contributed by atoms with van der Waals surface area (Å²) >= 11 is 0. The van der Waals surface area contributed by atoms with Crippen LogP contribution in [-0.2, 0) is 9.69 Å².